The molecule has 0 aliphatic carbocycles. The van der Waals surface area contributed by atoms with Gasteiger partial charge in [0.2, 0.25) is 11.9 Å². The number of nitrogens with zero attached hydrogens (tertiary/aromatic N) is 3. The number of carbonyl (C=O) groups is 2. The van der Waals surface area contributed by atoms with Gasteiger partial charge in [0.25, 0.3) is 5.91 Å². The smallest absolute Gasteiger partial charge is 0.274 e. The van der Waals surface area contributed by atoms with Crippen molar-refractivity contribution in [2.75, 3.05) is 25.0 Å². The van der Waals surface area contributed by atoms with Crippen molar-refractivity contribution in [2.45, 2.75) is 32.4 Å². The van der Waals surface area contributed by atoms with E-state index in [1.807, 2.05) is 11.5 Å². The molecule has 1 atom stereocenters. The first-order valence-electron chi connectivity index (χ1n) is 7.10. The van der Waals surface area contributed by atoms with Gasteiger partial charge >= 0.3 is 0 Å². The van der Waals surface area contributed by atoms with E-state index in [1.54, 1.807) is 11.1 Å². The molecule has 2 aliphatic rings. The molecule has 3 heterocycles. The number of anilines is 1. The van der Waals surface area contributed by atoms with Gasteiger partial charge in [0.05, 0.1) is 0 Å². The number of nitrogens with one attached hydrogen (secondary N) is 2. The Balaban J connectivity index is 1.84. The molecular formula is C13H19N5O2. The summed E-state index contributed by atoms with van der Waals surface area (Å²) in [6.45, 7) is 4.72. The zero-order valence-corrected chi connectivity index (χ0v) is 11.6. The molecule has 0 radical (unpaired) electrons. The Hall–Kier alpha value is -2.05. The van der Waals surface area contributed by atoms with Crippen molar-refractivity contribution < 1.29 is 9.59 Å². The van der Waals surface area contributed by atoms with Crippen LogP contribution in [-0.2, 0) is 11.3 Å². The Bertz CT molecular complexity index is 515. The second kappa shape index (κ2) is 5.15. The molecule has 2 N–H and O–H groups in total. The summed E-state index contributed by atoms with van der Waals surface area (Å²) in [4.78, 5) is 30.4. The molecule has 7 heteroatoms. The van der Waals surface area contributed by atoms with E-state index in [1.165, 1.54) is 0 Å². The van der Waals surface area contributed by atoms with Gasteiger partial charge in [0, 0.05) is 32.4 Å². The summed E-state index contributed by atoms with van der Waals surface area (Å²) in [5.41, 5.74) is 0.419. The molecule has 1 saturated heterocycles. The fourth-order valence-corrected chi connectivity index (χ4v) is 2.79. The molecule has 1 unspecified atom stereocenters. The minimum absolute atomic E-state index is 0.0748. The Kier molecular flexibility index (Phi) is 3.33. The minimum atomic E-state index is -0.386. The predicted octanol–water partition coefficient (Wildman–Crippen LogP) is 0.0493. The van der Waals surface area contributed by atoms with Crippen molar-refractivity contribution in [1.82, 2.24) is 19.8 Å². The number of rotatable bonds is 2. The third kappa shape index (κ3) is 2.13. The molecule has 20 heavy (non-hydrogen) atoms. The average molecular weight is 277 g/mol. The van der Waals surface area contributed by atoms with Crippen LogP contribution in [-0.4, -0.2) is 51.9 Å². The van der Waals surface area contributed by atoms with Crippen molar-refractivity contribution >= 4 is 17.8 Å². The summed E-state index contributed by atoms with van der Waals surface area (Å²) < 4.78 is 1.96. The monoisotopic (exact) mass is 277 g/mol. The SMILES string of the molecule is CCC1C(=O)NCCN1C(=O)c1cn2c(n1)NCCC2. The van der Waals surface area contributed by atoms with E-state index in [2.05, 4.69) is 15.6 Å². The van der Waals surface area contributed by atoms with Crippen LogP contribution in [0.5, 0.6) is 0 Å². The van der Waals surface area contributed by atoms with Gasteiger partial charge in [-0.2, -0.15) is 0 Å². The van der Waals surface area contributed by atoms with Crippen LogP contribution in [0.15, 0.2) is 6.20 Å². The Labute approximate surface area is 117 Å². The zero-order valence-electron chi connectivity index (χ0n) is 11.6. The molecule has 0 aromatic carbocycles. The van der Waals surface area contributed by atoms with E-state index >= 15 is 0 Å². The standard InChI is InChI=1S/C13H19N5O2/c1-2-10-11(19)14-5-7-18(10)12(20)9-8-17-6-3-4-15-13(17)16-9/h8,10H,2-7H2,1H3,(H,14,19)(H,15,16). The number of imidazole rings is 1. The summed E-state index contributed by atoms with van der Waals surface area (Å²) in [5, 5.41) is 5.97. The molecule has 0 saturated carbocycles. The summed E-state index contributed by atoms with van der Waals surface area (Å²) in [5.74, 6) is 0.513. The van der Waals surface area contributed by atoms with E-state index < -0.39 is 0 Å². The highest BCUT2D eigenvalue weighted by atomic mass is 16.2. The van der Waals surface area contributed by atoms with Gasteiger partial charge in [-0.3, -0.25) is 9.59 Å². The van der Waals surface area contributed by atoms with Crippen LogP contribution in [0.1, 0.15) is 30.3 Å². The van der Waals surface area contributed by atoms with Crippen molar-refractivity contribution in [3.05, 3.63) is 11.9 Å². The quantitative estimate of drug-likeness (QED) is 0.800. The second-order valence-corrected chi connectivity index (χ2v) is 5.14. The molecule has 0 spiro atoms. The van der Waals surface area contributed by atoms with Crippen LogP contribution in [0.4, 0.5) is 5.95 Å². The maximum atomic E-state index is 12.6. The van der Waals surface area contributed by atoms with E-state index in [4.69, 9.17) is 0 Å². The summed E-state index contributed by atoms with van der Waals surface area (Å²) >= 11 is 0. The Morgan fingerprint density at radius 1 is 1.40 bits per heavy atom. The molecule has 1 aromatic rings. The third-order valence-electron chi connectivity index (χ3n) is 3.83. The third-order valence-corrected chi connectivity index (χ3v) is 3.83. The molecule has 2 amide bonds. The van der Waals surface area contributed by atoms with Crippen LogP contribution in [0.25, 0.3) is 0 Å². The molecule has 2 aliphatic heterocycles. The fourth-order valence-electron chi connectivity index (χ4n) is 2.79. The van der Waals surface area contributed by atoms with Gasteiger partial charge in [0.1, 0.15) is 11.7 Å². The van der Waals surface area contributed by atoms with Gasteiger partial charge in [0.15, 0.2) is 0 Å². The minimum Gasteiger partial charge on any atom is -0.356 e. The van der Waals surface area contributed by atoms with Crippen LogP contribution >= 0.6 is 0 Å². The van der Waals surface area contributed by atoms with Gasteiger partial charge in [-0.05, 0) is 12.8 Å². The number of hydrogen-bond donors (Lipinski definition) is 2. The molecule has 108 valence electrons. The van der Waals surface area contributed by atoms with E-state index in [0.717, 1.165) is 25.5 Å². The average Bonchev–Trinajstić information content (AvgIpc) is 2.90. The number of piperazine rings is 1. The lowest BCUT2D eigenvalue weighted by molar-refractivity contribution is -0.127. The van der Waals surface area contributed by atoms with Gasteiger partial charge in [-0.1, -0.05) is 6.92 Å². The summed E-state index contributed by atoms with van der Waals surface area (Å²) in [6.07, 6.45) is 3.42. The highest BCUT2D eigenvalue weighted by molar-refractivity contribution is 5.97. The number of aryl methyl sites for hydroxylation is 1. The van der Waals surface area contributed by atoms with Crippen LogP contribution in [0.2, 0.25) is 0 Å². The molecule has 0 bridgehead atoms. The maximum Gasteiger partial charge on any atom is 0.274 e. The Morgan fingerprint density at radius 2 is 2.25 bits per heavy atom. The van der Waals surface area contributed by atoms with Gasteiger partial charge in [-0.25, -0.2) is 4.98 Å². The summed E-state index contributed by atoms with van der Waals surface area (Å²) in [7, 11) is 0. The van der Waals surface area contributed by atoms with Crippen molar-refractivity contribution in [3.8, 4) is 0 Å². The normalized spacial score (nSPS) is 21.9. The number of carbonyl (C=O) groups excluding carboxylic acids is 2. The largest absolute Gasteiger partial charge is 0.356 e. The summed E-state index contributed by atoms with van der Waals surface area (Å²) in [6, 6.07) is -0.386. The van der Waals surface area contributed by atoms with E-state index in [-0.39, 0.29) is 17.9 Å². The molecule has 1 fully saturated rings. The second-order valence-electron chi connectivity index (χ2n) is 5.14. The number of amides is 2. The topological polar surface area (TPSA) is 79.3 Å². The zero-order chi connectivity index (χ0) is 14.1. The first-order valence-corrected chi connectivity index (χ1v) is 7.10. The lowest BCUT2D eigenvalue weighted by atomic mass is 10.1. The number of fused-ring (bicyclic) bond motifs is 1. The van der Waals surface area contributed by atoms with Gasteiger partial charge in [-0.15, -0.1) is 0 Å². The van der Waals surface area contributed by atoms with Crippen molar-refractivity contribution in [2.24, 2.45) is 0 Å². The predicted molar refractivity (Wildman–Crippen MR) is 73.5 cm³/mol. The highest BCUT2D eigenvalue weighted by Crippen LogP contribution is 2.18. The maximum absolute atomic E-state index is 12.6. The van der Waals surface area contributed by atoms with Crippen LogP contribution in [0.3, 0.4) is 0 Å². The van der Waals surface area contributed by atoms with Crippen LogP contribution in [0, 0.1) is 0 Å². The first-order chi connectivity index (χ1) is 9.70. The molecular weight excluding hydrogens is 258 g/mol. The Morgan fingerprint density at radius 3 is 3.00 bits per heavy atom. The number of aromatic nitrogens is 2. The lowest BCUT2D eigenvalue weighted by Gasteiger charge is -2.33. The van der Waals surface area contributed by atoms with Crippen molar-refractivity contribution in [3.63, 3.8) is 0 Å². The first kappa shape index (κ1) is 13.0. The molecule has 7 nitrogen and oxygen atoms in total. The van der Waals surface area contributed by atoms with Gasteiger partial charge < -0.3 is 20.1 Å². The molecule has 3 rings (SSSR count). The molecule has 1 aromatic heterocycles. The van der Waals surface area contributed by atoms with Crippen molar-refractivity contribution in [1.29, 1.82) is 0 Å². The van der Waals surface area contributed by atoms with Crippen LogP contribution < -0.4 is 10.6 Å². The van der Waals surface area contributed by atoms with E-state index in [0.29, 0.717) is 25.2 Å². The van der Waals surface area contributed by atoms with E-state index in [9.17, 15) is 9.59 Å². The fraction of sp³-hybridized carbons (Fsp3) is 0.615. The highest BCUT2D eigenvalue weighted by Gasteiger charge is 2.33. The number of hydrogen-bond acceptors (Lipinski definition) is 4. The lowest BCUT2D eigenvalue weighted by Crippen LogP contribution is -2.56.